The van der Waals surface area contributed by atoms with Crippen LogP contribution in [0.4, 0.5) is 4.79 Å². The van der Waals surface area contributed by atoms with Crippen molar-refractivity contribution in [2.75, 3.05) is 13.2 Å². The van der Waals surface area contributed by atoms with Crippen LogP contribution in [0.15, 0.2) is 12.2 Å². The molecular weight excluding hydrogens is 422 g/mol. The van der Waals surface area contributed by atoms with Gasteiger partial charge in [-0.1, -0.05) is 71.3 Å². The Bertz CT molecular complexity index is 549. The summed E-state index contributed by atoms with van der Waals surface area (Å²) in [5.41, 5.74) is 0.365. The van der Waals surface area contributed by atoms with Crippen LogP contribution in [-0.4, -0.2) is 42.4 Å². The molecule has 0 fully saturated rings. The van der Waals surface area contributed by atoms with E-state index in [0.29, 0.717) is 18.5 Å². The normalized spacial score (nSPS) is 11.6. The van der Waals surface area contributed by atoms with Crippen LogP contribution >= 0.6 is 0 Å². The minimum absolute atomic E-state index is 0.0564. The number of nitrogens with one attached hydrogen (secondary N) is 1. The molecule has 0 aromatic rings. The molecule has 0 aromatic heterocycles. The fraction of sp³-hybridized carbons (Fsp3) is 0.808. The highest BCUT2D eigenvalue weighted by atomic mass is 16.6. The standard InChI is InChI=1S/C26H47NO6/c1-4-5-6-13-17-23(18-14-11-9-7-8-10-12-15-19-24(28)29)33-26(31)27-20-16-21-32-25(30)22(2)3/h23H,2,4-21H2,1,3H3,(H,27,31)(H,28,29). The van der Waals surface area contributed by atoms with Crippen molar-refractivity contribution >= 4 is 18.0 Å². The molecule has 1 atom stereocenters. The summed E-state index contributed by atoms with van der Waals surface area (Å²) >= 11 is 0. The first-order valence-corrected chi connectivity index (χ1v) is 12.9. The summed E-state index contributed by atoms with van der Waals surface area (Å²) in [4.78, 5) is 34.0. The number of hydrogen-bond donors (Lipinski definition) is 2. The third-order valence-electron chi connectivity index (χ3n) is 5.49. The number of ether oxygens (including phenoxy) is 2. The van der Waals surface area contributed by atoms with Crippen molar-refractivity contribution in [3.05, 3.63) is 12.2 Å². The number of aliphatic carboxylic acids is 1. The molecule has 1 amide bonds. The van der Waals surface area contributed by atoms with Crippen LogP contribution < -0.4 is 5.32 Å². The number of carbonyl (C=O) groups is 3. The summed E-state index contributed by atoms with van der Waals surface area (Å²) in [5, 5.41) is 11.4. The van der Waals surface area contributed by atoms with Gasteiger partial charge in [-0.05, 0) is 45.4 Å². The lowest BCUT2D eigenvalue weighted by molar-refractivity contribution is -0.139. The van der Waals surface area contributed by atoms with E-state index in [1.165, 1.54) is 19.3 Å². The second kappa shape index (κ2) is 21.8. The zero-order valence-corrected chi connectivity index (χ0v) is 21.0. The molecule has 0 rings (SSSR count). The van der Waals surface area contributed by atoms with Gasteiger partial charge in [0.05, 0.1) is 6.61 Å². The Hall–Kier alpha value is -2.05. The lowest BCUT2D eigenvalue weighted by atomic mass is 10.0. The van der Waals surface area contributed by atoms with Crippen LogP contribution in [0.2, 0.25) is 0 Å². The molecule has 7 heteroatoms. The molecule has 0 spiro atoms. The first kappa shape index (κ1) is 30.9. The van der Waals surface area contributed by atoms with E-state index in [0.717, 1.165) is 70.6 Å². The second-order valence-electron chi connectivity index (χ2n) is 8.83. The largest absolute Gasteiger partial charge is 0.481 e. The van der Waals surface area contributed by atoms with Gasteiger partial charge in [-0.15, -0.1) is 0 Å². The number of carbonyl (C=O) groups excluding carboxylic acids is 2. The lowest BCUT2D eigenvalue weighted by Gasteiger charge is -2.18. The third kappa shape index (κ3) is 21.6. The van der Waals surface area contributed by atoms with Gasteiger partial charge in [0.1, 0.15) is 6.10 Å². The maximum atomic E-state index is 12.2. The van der Waals surface area contributed by atoms with E-state index >= 15 is 0 Å². The Labute approximate surface area is 200 Å². The summed E-state index contributed by atoms with van der Waals surface area (Å²) < 4.78 is 10.7. The number of esters is 1. The van der Waals surface area contributed by atoms with Gasteiger partial charge < -0.3 is 19.9 Å². The highest BCUT2D eigenvalue weighted by molar-refractivity contribution is 5.86. The van der Waals surface area contributed by atoms with Crippen LogP contribution in [0.3, 0.4) is 0 Å². The van der Waals surface area contributed by atoms with Crippen LogP contribution in [0.1, 0.15) is 117 Å². The van der Waals surface area contributed by atoms with E-state index in [1.807, 2.05) is 0 Å². The van der Waals surface area contributed by atoms with Gasteiger partial charge in [-0.2, -0.15) is 0 Å². The highest BCUT2D eigenvalue weighted by Gasteiger charge is 2.14. The Morgan fingerprint density at radius 1 is 0.848 bits per heavy atom. The summed E-state index contributed by atoms with van der Waals surface area (Å²) in [6.07, 6.45) is 15.3. The molecule has 0 saturated carbocycles. The van der Waals surface area contributed by atoms with Gasteiger partial charge in [-0.3, -0.25) is 4.79 Å². The van der Waals surface area contributed by atoms with E-state index in [2.05, 4.69) is 18.8 Å². The van der Waals surface area contributed by atoms with E-state index in [9.17, 15) is 14.4 Å². The van der Waals surface area contributed by atoms with Gasteiger partial charge in [0, 0.05) is 18.5 Å². The Morgan fingerprint density at radius 3 is 1.94 bits per heavy atom. The molecule has 0 aliphatic heterocycles. The number of alkyl carbamates (subject to hydrolysis) is 1. The van der Waals surface area contributed by atoms with Crippen molar-refractivity contribution in [1.29, 1.82) is 0 Å². The summed E-state index contributed by atoms with van der Waals surface area (Å²) in [7, 11) is 0. The molecule has 7 nitrogen and oxygen atoms in total. The molecular formula is C26H47NO6. The van der Waals surface area contributed by atoms with Crippen LogP contribution in [-0.2, 0) is 19.1 Å². The topological polar surface area (TPSA) is 102 Å². The van der Waals surface area contributed by atoms with E-state index in [4.69, 9.17) is 14.6 Å². The van der Waals surface area contributed by atoms with Crippen molar-refractivity contribution in [2.45, 2.75) is 123 Å². The number of carboxylic acid groups (broad SMARTS) is 1. The molecule has 0 heterocycles. The molecule has 0 aromatic carbocycles. The van der Waals surface area contributed by atoms with Gasteiger partial charge in [0.25, 0.3) is 0 Å². The molecule has 0 saturated heterocycles. The average molecular weight is 470 g/mol. The first-order valence-electron chi connectivity index (χ1n) is 12.9. The van der Waals surface area contributed by atoms with Crippen LogP contribution in [0.5, 0.6) is 0 Å². The Kier molecular flexibility index (Phi) is 20.4. The van der Waals surface area contributed by atoms with Gasteiger partial charge in [-0.25, -0.2) is 9.59 Å². The number of rotatable bonds is 22. The zero-order valence-electron chi connectivity index (χ0n) is 21.0. The van der Waals surface area contributed by atoms with Gasteiger partial charge >= 0.3 is 18.0 Å². The van der Waals surface area contributed by atoms with E-state index in [-0.39, 0.29) is 19.1 Å². The number of amides is 1. The summed E-state index contributed by atoms with van der Waals surface area (Å²) in [5.74, 6) is -1.12. The zero-order chi connectivity index (χ0) is 24.7. The van der Waals surface area contributed by atoms with E-state index in [1.54, 1.807) is 6.92 Å². The first-order chi connectivity index (χ1) is 15.9. The predicted octanol–water partition coefficient (Wildman–Crippen LogP) is 6.55. The summed E-state index contributed by atoms with van der Waals surface area (Å²) in [6, 6.07) is 0. The highest BCUT2D eigenvalue weighted by Crippen LogP contribution is 2.17. The molecule has 0 radical (unpaired) electrons. The molecule has 0 bridgehead atoms. The van der Waals surface area contributed by atoms with Crippen molar-refractivity contribution < 1.29 is 29.0 Å². The minimum Gasteiger partial charge on any atom is -0.481 e. The number of carboxylic acids is 1. The average Bonchev–Trinajstić information content (AvgIpc) is 2.76. The maximum absolute atomic E-state index is 12.2. The summed E-state index contributed by atoms with van der Waals surface area (Å²) in [6.45, 7) is 7.95. The number of unbranched alkanes of at least 4 members (excludes halogenated alkanes) is 10. The molecule has 0 aliphatic rings. The monoisotopic (exact) mass is 469 g/mol. The van der Waals surface area contributed by atoms with Crippen molar-refractivity contribution in [1.82, 2.24) is 5.32 Å². The molecule has 0 aliphatic carbocycles. The van der Waals surface area contributed by atoms with E-state index < -0.39 is 18.0 Å². The van der Waals surface area contributed by atoms with Crippen molar-refractivity contribution in [3.8, 4) is 0 Å². The molecule has 1 unspecified atom stereocenters. The van der Waals surface area contributed by atoms with Gasteiger partial charge in [0.15, 0.2) is 0 Å². The molecule has 2 N–H and O–H groups in total. The second-order valence-corrected chi connectivity index (χ2v) is 8.83. The fourth-order valence-electron chi connectivity index (χ4n) is 3.51. The number of hydrogen-bond acceptors (Lipinski definition) is 5. The maximum Gasteiger partial charge on any atom is 0.407 e. The quantitative estimate of drug-likeness (QED) is 0.106. The lowest BCUT2D eigenvalue weighted by Crippen LogP contribution is -2.30. The Balaban J connectivity index is 4.00. The Morgan fingerprint density at radius 2 is 1.39 bits per heavy atom. The molecule has 33 heavy (non-hydrogen) atoms. The third-order valence-corrected chi connectivity index (χ3v) is 5.49. The fourth-order valence-corrected chi connectivity index (χ4v) is 3.51. The van der Waals surface area contributed by atoms with Crippen molar-refractivity contribution in [3.63, 3.8) is 0 Å². The molecule has 192 valence electrons. The minimum atomic E-state index is -0.709. The van der Waals surface area contributed by atoms with Gasteiger partial charge in [0.2, 0.25) is 0 Å². The predicted molar refractivity (Wildman–Crippen MR) is 131 cm³/mol. The van der Waals surface area contributed by atoms with Crippen LogP contribution in [0.25, 0.3) is 0 Å². The SMILES string of the molecule is C=C(C)C(=O)OCCCNC(=O)OC(CCCCCC)CCCCCCCCCCC(=O)O. The van der Waals surface area contributed by atoms with Crippen molar-refractivity contribution in [2.24, 2.45) is 0 Å². The van der Waals surface area contributed by atoms with Crippen LogP contribution in [0, 0.1) is 0 Å². The smallest absolute Gasteiger partial charge is 0.407 e.